The van der Waals surface area contributed by atoms with Gasteiger partial charge >= 0.3 is 0 Å². The van der Waals surface area contributed by atoms with Crippen molar-refractivity contribution in [2.24, 2.45) is 17.6 Å². The number of hydrogen-bond donors (Lipinski definition) is 1. The Labute approximate surface area is 99.6 Å². The van der Waals surface area contributed by atoms with E-state index in [4.69, 9.17) is 5.73 Å². The first-order valence-corrected chi connectivity index (χ1v) is 7.64. The Kier molecular flexibility index (Phi) is 6.74. The van der Waals surface area contributed by atoms with E-state index in [9.17, 15) is 0 Å². The maximum Gasteiger partial charge on any atom is 0.00874 e. The summed E-state index contributed by atoms with van der Waals surface area (Å²) in [6.07, 6.45) is 8.35. The lowest BCUT2D eigenvalue weighted by atomic mass is 10.0. The maximum atomic E-state index is 5.89. The van der Waals surface area contributed by atoms with Gasteiger partial charge in [0.25, 0.3) is 0 Å². The van der Waals surface area contributed by atoms with Crippen molar-refractivity contribution < 1.29 is 0 Å². The van der Waals surface area contributed by atoms with E-state index in [1.807, 2.05) is 0 Å². The largest absolute Gasteiger partial charge is 0.330 e. The van der Waals surface area contributed by atoms with Gasteiger partial charge in [0, 0.05) is 5.25 Å². The van der Waals surface area contributed by atoms with Crippen LogP contribution in [0.4, 0.5) is 0 Å². The Morgan fingerprint density at radius 1 is 1.27 bits per heavy atom. The molecule has 2 N–H and O–H groups in total. The van der Waals surface area contributed by atoms with Crippen molar-refractivity contribution in [1.82, 2.24) is 0 Å². The lowest BCUT2D eigenvalue weighted by molar-refractivity contribution is 0.482. The molecule has 1 rings (SSSR count). The SMILES string of the molecule is CCC(C)CSC1CCCCCC1CN. The smallest absolute Gasteiger partial charge is 0.00874 e. The molecule has 0 amide bonds. The van der Waals surface area contributed by atoms with Gasteiger partial charge in [0.15, 0.2) is 0 Å². The van der Waals surface area contributed by atoms with Gasteiger partial charge in [0.2, 0.25) is 0 Å². The first-order chi connectivity index (χ1) is 7.27. The van der Waals surface area contributed by atoms with Crippen LogP contribution in [0.5, 0.6) is 0 Å². The zero-order valence-electron chi connectivity index (χ0n) is 10.4. The van der Waals surface area contributed by atoms with Crippen molar-refractivity contribution in [2.75, 3.05) is 12.3 Å². The number of rotatable bonds is 5. The quantitative estimate of drug-likeness (QED) is 0.728. The van der Waals surface area contributed by atoms with Crippen LogP contribution < -0.4 is 5.73 Å². The summed E-state index contributed by atoms with van der Waals surface area (Å²) >= 11 is 2.20. The summed E-state index contributed by atoms with van der Waals surface area (Å²) in [7, 11) is 0. The van der Waals surface area contributed by atoms with Crippen molar-refractivity contribution in [2.45, 2.75) is 57.6 Å². The molecule has 0 saturated heterocycles. The molecule has 0 radical (unpaired) electrons. The van der Waals surface area contributed by atoms with E-state index in [2.05, 4.69) is 25.6 Å². The van der Waals surface area contributed by atoms with Crippen LogP contribution in [0, 0.1) is 11.8 Å². The van der Waals surface area contributed by atoms with E-state index in [0.29, 0.717) is 0 Å². The lowest BCUT2D eigenvalue weighted by Gasteiger charge is -2.24. The van der Waals surface area contributed by atoms with Crippen LogP contribution >= 0.6 is 11.8 Å². The Hall–Kier alpha value is 0.310. The number of nitrogens with two attached hydrogens (primary N) is 1. The molecule has 0 aromatic heterocycles. The summed E-state index contributed by atoms with van der Waals surface area (Å²) in [4.78, 5) is 0. The van der Waals surface area contributed by atoms with Gasteiger partial charge in [-0.25, -0.2) is 0 Å². The second-order valence-electron chi connectivity index (χ2n) is 5.02. The van der Waals surface area contributed by atoms with E-state index >= 15 is 0 Å². The minimum atomic E-state index is 0.793. The first kappa shape index (κ1) is 13.4. The second-order valence-corrected chi connectivity index (χ2v) is 6.29. The van der Waals surface area contributed by atoms with Crippen LogP contribution in [0.15, 0.2) is 0 Å². The summed E-state index contributed by atoms with van der Waals surface area (Å²) in [6.45, 7) is 5.55. The second kappa shape index (κ2) is 7.56. The Balaban J connectivity index is 2.34. The molecule has 15 heavy (non-hydrogen) atoms. The molecule has 0 aliphatic heterocycles. The van der Waals surface area contributed by atoms with E-state index in [1.165, 1.54) is 44.3 Å². The highest BCUT2D eigenvalue weighted by Crippen LogP contribution is 2.33. The van der Waals surface area contributed by atoms with Gasteiger partial charge in [0.1, 0.15) is 0 Å². The highest BCUT2D eigenvalue weighted by molar-refractivity contribution is 7.99. The van der Waals surface area contributed by atoms with Crippen molar-refractivity contribution in [1.29, 1.82) is 0 Å². The summed E-state index contributed by atoms with van der Waals surface area (Å²) in [5.74, 6) is 3.00. The molecule has 1 fully saturated rings. The molecule has 1 aliphatic carbocycles. The molecule has 90 valence electrons. The third-order valence-electron chi connectivity index (χ3n) is 3.68. The highest BCUT2D eigenvalue weighted by Gasteiger charge is 2.23. The van der Waals surface area contributed by atoms with Gasteiger partial charge in [0.05, 0.1) is 0 Å². The van der Waals surface area contributed by atoms with Crippen LogP contribution in [0.3, 0.4) is 0 Å². The van der Waals surface area contributed by atoms with Crippen LogP contribution in [0.2, 0.25) is 0 Å². The standard InChI is InChI=1S/C13H27NS/c1-3-11(2)10-15-13-8-6-4-5-7-12(13)9-14/h11-13H,3-10,14H2,1-2H3. The molecule has 2 heteroatoms. The van der Waals surface area contributed by atoms with Crippen molar-refractivity contribution in [3.63, 3.8) is 0 Å². The van der Waals surface area contributed by atoms with E-state index in [1.54, 1.807) is 0 Å². The molecule has 0 heterocycles. The predicted octanol–water partition coefficient (Wildman–Crippen LogP) is 3.67. The fourth-order valence-electron chi connectivity index (χ4n) is 2.25. The highest BCUT2D eigenvalue weighted by atomic mass is 32.2. The van der Waals surface area contributed by atoms with E-state index in [-0.39, 0.29) is 0 Å². The van der Waals surface area contributed by atoms with Crippen LogP contribution in [-0.4, -0.2) is 17.5 Å². The van der Waals surface area contributed by atoms with Crippen LogP contribution in [-0.2, 0) is 0 Å². The average molecular weight is 229 g/mol. The molecule has 0 aromatic carbocycles. The lowest BCUT2D eigenvalue weighted by Crippen LogP contribution is -2.25. The topological polar surface area (TPSA) is 26.0 Å². The molecule has 1 nitrogen and oxygen atoms in total. The van der Waals surface area contributed by atoms with Gasteiger partial charge in [-0.2, -0.15) is 11.8 Å². The van der Waals surface area contributed by atoms with Crippen molar-refractivity contribution >= 4 is 11.8 Å². The van der Waals surface area contributed by atoms with E-state index < -0.39 is 0 Å². The summed E-state index contributed by atoms with van der Waals surface area (Å²) in [5.41, 5.74) is 5.89. The molecule has 1 aliphatic rings. The first-order valence-electron chi connectivity index (χ1n) is 6.59. The Morgan fingerprint density at radius 3 is 2.67 bits per heavy atom. The fourth-order valence-corrected chi connectivity index (χ4v) is 3.91. The third-order valence-corrected chi connectivity index (χ3v) is 5.49. The summed E-state index contributed by atoms with van der Waals surface area (Å²) in [5, 5.41) is 0.853. The van der Waals surface area contributed by atoms with Gasteiger partial charge in [-0.1, -0.05) is 39.5 Å². The molecule has 3 atom stereocenters. The predicted molar refractivity (Wildman–Crippen MR) is 71.3 cm³/mol. The normalized spacial score (nSPS) is 29.8. The molecule has 0 spiro atoms. The van der Waals surface area contributed by atoms with Gasteiger partial charge in [-0.3, -0.25) is 0 Å². The molecule has 1 saturated carbocycles. The zero-order valence-corrected chi connectivity index (χ0v) is 11.2. The monoisotopic (exact) mass is 229 g/mol. The third kappa shape index (κ3) is 4.78. The number of hydrogen-bond acceptors (Lipinski definition) is 2. The summed E-state index contributed by atoms with van der Waals surface area (Å²) in [6, 6.07) is 0. The Morgan fingerprint density at radius 2 is 2.00 bits per heavy atom. The fraction of sp³-hybridized carbons (Fsp3) is 1.00. The minimum Gasteiger partial charge on any atom is -0.330 e. The molecule has 0 aromatic rings. The van der Waals surface area contributed by atoms with Gasteiger partial charge in [-0.15, -0.1) is 0 Å². The zero-order chi connectivity index (χ0) is 11.1. The molecule has 0 bridgehead atoms. The van der Waals surface area contributed by atoms with Gasteiger partial charge < -0.3 is 5.73 Å². The summed E-state index contributed by atoms with van der Waals surface area (Å²) < 4.78 is 0. The molecular formula is C13H27NS. The van der Waals surface area contributed by atoms with E-state index in [0.717, 1.165) is 23.6 Å². The average Bonchev–Trinajstić information content (AvgIpc) is 2.50. The van der Waals surface area contributed by atoms with Crippen molar-refractivity contribution in [3.8, 4) is 0 Å². The van der Waals surface area contributed by atoms with Crippen LogP contribution in [0.1, 0.15) is 52.4 Å². The molecule has 3 unspecified atom stereocenters. The van der Waals surface area contributed by atoms with Gasteiger partial charge in [-0.05, 0) is 37.0 Å². The minimum absolute atomic E-state index is 0.793. The van der Waals surface area contributed by atoms with Crippen LogP contribution in [0.25, 0.3) is 0 Å². The Bertz CT molecular complexity index is 161. The number of thioether (sulfide) groups is 1. The maximum absolute atomic E-state index is 5.89. The molecular weight excluding hydrogens is 202 g/mol. The van der Waals surface area contributed by atoms with Crippen molar-refractivity contribution in [3.05, 3.63) is 0 Å².